The van der Waals surface area contributed by atoms with Crippen molar-refractivity contribution in [2.75, 3.05) is 29.5 Å². The molecule has 0 saturated carbocycles. The summed E-state index contributed by atoms with van der Waals surface area (Å²) >= 11 is 0. The highest BCUT2D eigenvalue weighted by Crippen LogP contribution is 2.31. The Morgan fingerprint density at radius 3 is 2.67 bits per heavy atom. The molecule has 0 unspecified atom stereocenters. The van der Waals surface area contributed by atoms with Crippen molar-refractivity contribution in [3.63, 3.8) is 0 Å². The highest BCUT2D eigenvalue weighted by Gasteiger charge is 2.23. The Hall–Kier alpha value is -3.36. The van der Waals surface area contributed by atoms with Gasteiger partial charge in [-0.15, -0.1) is 6.58 Å². The molecular formula is C15H18N6O3. The Balaban J connectivity index is 2.33. The summed E-state index contributed by atoms with van der Waals surface area (Å²) in [4.78, 5) is 18.6. The van der Waals surface area contributed by atoms with Crippen LogP contribution in [-0.2, 0) is 0 Å². The minimum absolute atomic E-state index is 0.00298. The number of anilines is 4. The van der Waals surface area contributed by atoms with Gasteiger partial charge in [-0.1, -0.05) is 6.08 Å². The third kappa shape index (κ3) is 4.09. The lowest BCUT2D eigenvalue weighted by atomic mass is 10.3. The molecule has 9 nitrogen and oxygen atoms in total. The summed E-state index contributed by atoms with van der Waals surface area (Å²) < 4.78 is 5.35. The number of rotatable bonds is 8. The number of ether oxygens (including phenoxy) is 1. The number of hydrogen-bond acceptors (Lipinski definition) is 8. The molecule has 0 saturated heterocycles. The Labute approximate surface area is 138 Å². The molecule has 1 aromatic carbocycles. The van der Waals surface area contributed by atoms with E-state index in [0.717, 1.165) is 0 Å². The summed E-state index contributed by atoms with van der Waals surface area (Å²) in [5.74, 6) is 0.651. The first kappa shape index (κ1) is 17.0. The maximum Gasteiger partial charge on any atom is 0.353 e. The molecule has 24 heavy (non-hydrogen) atoms. The van der Waals surface area contributed by atoms with Crippen LogP contribution in [0.2, 0.25) is 0 Å². The maximum absolute atomic E-state index is 11.2. The SMILES string of the molecule is C=CCNc1nc(N)c([N+](=O)[O-])c(Nc2ccc(OCC)cc2)n1. The van der Waals surface area contributed by atoms with Crippen molar-refractivity contribution in [2.45, 2.75) is 6.92 Å². The Morgan fingerprint density at radius 1 is 1.38 bits per heavy atom. The molecule has 2 aromatic rings. The first-order chi connectivity index (χ1) is 11.5. The van der Waals surface area contributed by atoms with Gasteiger partial charge in [0.05, 0.1) is 11.5 Å². The Morgan fingerprint density at radius 2 is 2.08 bits per heavy atom. The zero-order chi connectivity index (χ0) is 17.5. The van der Waals surface area contributed by atoms with E-state index < -0.39 is 4.92 Å². The van der Waals surface area contributed by atoms with E-state index in [0.29, 0.717) is 24.6 Å². The first-order valence-electron chi connectivity index (χ1n) is 7.21. The van der Waals surface area contributed by atoms with Crippen LogP contribution in [0.15, 0.2) is 36.9 Å². The molecule has 0 aliphatic rings. The van der Waals surface area contributed by atoms with Crippen molar-refractivity contribution in [3.8, 4) is 5.75 Å². The second-order valence-corrected chi connectivity index (χ2v) is 4.64. The molecule has 0 spiro atoms. The third-order valence-electron chi connectivity index (χ3n) is 2.93. The van der Waals surface area contributed by atoms with Crippen molar-refractivity contribution < 1.29 is 9.66 Å². The van der Waals surface area contributed by atoms with E-state index in [-0.39, 0.29) is 23.3 Å². The maximum atomic E-state index is 11.2. The highest BCUT2D eigenvalue weighted by atomic mass is 16.6. The van der Waals surface area contributed by atoms with E-state index in [1.54, 1.807) is 30.3 Å². The number of nitrogens with two attached hydrogens (primary N) is 1. The van der Waals surface area contributed by atoms with E-state index in [1.807, 2.05) is 6.92 Å². The second kappa shape index (κ2) is 7.77. The molecule has 2 rings (SSSR count). The highest BCUT2D eigenvalue weighted by molar-refractivity contribution is 5.74. The monoisotopic (exact) mass is 330 g/mol. The molecule has 0 atom stereocenters. The fourth-order valence-corrected chi connectivity index (χ4v) is 1.92. The number of aromatic nitrogens is 2. The van der Waals surface area contributed by atoms with E-state index in [1.165, 1.54) is 0 Å². The zero-order valence-corrected chi connectivity index (χ0v) is 13.2. The number of nitro groups is 1. The van der Waals surface area contributed by atoms with Crippen molar-refractivity contribution in [3.05, 3.63) is 47.0 Å². The minimum atomic E-state index is -0.622. The van der Waals surface area contributed by atoms with Gasteiger partial charge in [-0.2, -0.15) is 9.97 Å². The molecule has 9 heteroatoms. The quantitative estimate of drug-likeness (QED) is 0.383. The topological polar surface area (TPSA) is 128 Å². The van der Waals surface area contributed by atoms with Gasteiger partial charge in [0, 0.05) is 12.2 Å². The van der Waals surface area contributed by atoms with Crippen molar-refractivity contribution in [1.82, 2.24) is 9.97 Å². The van der Waals surface area contributed by atoms with Crippen LogP contribution < -0.4 is 21.1 Å². The average Bonchev–Trinajstić information content (AvgIpc) is 2.54. The van der Waals surface area contributed by atoms with Gasteiger partial charge in [0.2, 0.25) is 17.6 Å². The van der Waals surface area contributed by atoms with E-state index >= 15 is 0 Å². The second-order valence-electron chi connectivity index (χ2n) is 4.64. The number of nitrogens with zero attached hydrogens (tertiary/aromatic N) is 3. The molecule has 1 aromatic heterocycles. The van der Waals surface area contributed by atoms with Gasteiger partial charge in [-0.25, -0.2) is 0 Å². The first-order valence-corrected chi connectivity index (χ1v) is 7.21. The molecule has 0 amide bonds. The summed E-state index contributed by atoms with van der Waals surface area (Å²) in [5, 5.41) is 17.0. The molecule has 0 aliphatic carbocycles. The van der Waals surface area contributed by atoms with Gasteiger partial charge in [0.25, 0.3) is 0 Å². The summed E-state index contributed by atoms with van der Waals surface area (Å²) in [7, 11) is 0. The van der Waals surface area contributed by atoms with Crippen molar-refractivity contribution >= 4 is 29.0 Å². The summed E-state index contributed by atoms with van der Waals surface area (Å²) in [6.07, 6.45) is 1.61. The van der Waals surface area contributed by atoms with Gasteiger partial charge in [0.1, 0.15) is 5.75 Å². The molecular weight excluding hydrogens is 312 g/mol. The van der Waals surface area contributed by atoms with Crippen LogP contribution >= 0.6 is 0 Å². The minimum Gasteiger partial charge on any atom is -0.494 e. The predicted molar refractivity (Wildman–Crippen MR) is 92.7 cm³/mol. The zero-order valence-electron chi connectivity index (χ0n) is 13.2. The summed E-state index contributed by atoms with van der Waals surface area (Å²) in [6.45, 7) is 6.42. The van der Waals surface area contributed by atoms with Crippen LogP contribution in [0.1, 0.15) is 6.92 Å². The molecule has 126 valence electrons. The predicted octanol–water partition coefficient (Wildman–Crippen LogP) is 2.71. The van der Waals surface area contributed by atoms with Gasteiger partial charge in [-0.3, -0.25) is 10.1 Å². The molecule has 1 heterocycles. The van der Waals surface area contributed by atoms with Crippen LogP contribution in [0.5, 0.6) is 5.75 Å². The van der Waals surface area contributed by atoms with Gasteiger partial charge in [0.15, 0.2) is 0 Å². The van der Waals surface area contributed by atoms with Crippen LogP contribution in [0.3, 0.4) is 0 Å². The number of nitrogen functional groups attached to an aromatic ring is 1. The molecule has 0 aliphatic heterocycles. The standard InChI is InChI=1S/C15H18N6O3/c1-3-9-17-15-19-13(16)12(21(22)23)14(20-15)18-10-5-7-11(8-6-10)24-4-2/h3,5-8H,1,4,9H2,2H3,(H4,16,17,18,19,20). The number of nitrogens with one attached hydrogen (secondary N) is 2. The summed E-state index contributed by atoms with van der Waals surface area (Å²) in [6, 6.07) is 6.95. The van der Waals surface area contributed by atoms with E-state index in [4.69, 9.17) is 10.5 Å². The Bertz CT molecular complexity index is 733. The number of benzene rings is 1. The van der Waals surface area contributed by atoms with E-state index in [2.05, 4.69) is 27.2 Å². The fourth-order valence-electron chi connectivity index (χ4n) is 1.92. The van der Waals surface area contributed by atoms with Gasteiger partial charge < -0.3 is 21.1 Å². The lowest BCUT2D eigenvalue weighted by Gasteiger charge is -2.10. The fraction of sp³-hybridized carbons (Fsp3) is 0.200. The average molecular weight is 330 g/mol. The lowest BCUT2D eigenvalue weighted by Crippen LogP contribution is -2.10. The van der Waals surface area contributed by atoms with Crippen LogP contribution in [0.4, 0.5) is 29.0 Å². The molecule has 0 radical (unpaired) electrons. The van der Waals surface area contributed by atoms with Crippen LogP contribution in [0.25, 0.3) is 0 Å². The van der Waals surface area contributed by atoms with Crippen LogP contribution in [-0.4, -0.2) is 28.0 Å². The van der Waals surface area contributed by atoms with Gasteiger partial charge >= 0.3 is 5.69 Å². The van der Waals surface area contributed by atoms with E-state index in [9.17, 15) is 10.1 Å². The third-order valence-corrected chi connectivity index (χ3v) is 2.93. The normalized spacial score (nSPS) is 10.0. The Kier molecular flexibility index (Phi) is 5.50. The molecule has 0 fully saturated rings. The smallest absolute Gasteiger partial charge is 0.353 e. The van der Waals surface area contributed by atoms with Gasteiger partial charge in [-0.05, 0) is 31.2 Å². The van der Waals surface area contributed by atoms with Crippen molar-refractivity contribution in [1.29, 1.82) is 0 Å². The largest absolute Gasteiger partial charge is 0.494 e. The van der Waals surface area contributed by atoms with Crippen molar-refractivity contribution in [2.24, 2.45) is 0 Å². The summed E-state index contributed by atoms with van der Waals surface area (Å²) in [5.41, 5.74) is 5.92. The molecule has 0 bridgehead atoms. The van der Waals surface area contributed by atoms with Crippen LogP contribution in [0, 0.1) is 10.1 Å². The number of hydrogen-bond donors (Lipinski definition) is 3. The lowest BCUT2D eigenvalue weighted by molar-refractivity contribution is -0.383. The molecule has 4 N–H and O–H groups in total.